The average Bonchev–Trinajstić information content (AvgIpc) is 2.80. The van der Waals surface area contributed by atoms with Gasteiger partial charge in [0.1, 0.15) is 36.0 Å². The predicted molar refractivity (Wildman–Crippen MR) is 130 cm³/mol. The number of hydrogen-bond donors (Lipinski definition) is 4. The van der Waals surface area contributed by atoms with E-state index in [9.17, 15) is 14.7 Å². The van der Waals surface area contributed by atoms with Gasteiger partial charge >= 0.3 is 5.97 Å². The van der Waals surface area contributed by atoms with Crippen LogP contribution >= 0.6 is 0 Å². The molecule has 10 heteroatoms. The van der Waals surface area contributed by atoms with Crippen molar-refractivity contribution < 1.29 is 34.0 Å². The van der Waals surface area contributed by atoms with Crippen LogP contribution in [-0.4, -0.2) is 59.5 Å². The van der Waals surface area contributed by atoms with E-state index < -0.39 is 17.4 Å². The molecule has 0 fully saturated rings. The summed E-state index contributed by atoms with van der Waals surface area (Å²) in [6.07, 6.45) is 3.74. The van der Waals surface area contributed by atoms with Crippen LogP contribution in [0.2, 0.25) is 0 Å². The highest BCUT2D eigenvalue weighted by Crippen LogP contribution is 2.34. The Balaban J connectivity index is 1.75. The number of anilines is 1. The van der Waals surface area contributed by atoms with Crippen LogP contribution < -0.4 is 15.8 Å². The van der Waals surface area contributed by atoms with Gasteiger partial charge in [0.2, 0.25) is 5.91 Å². The molecule has 188 valence electrons. The molecule has 0 saturated carbocycles. The molecule has 10 nitrogen and oxygen atoms in total. The van der Waals surface area contributed by atoms with Gasteiger partial charge in [-0.05, 0) is 39.0 Å². The lowest BCUT2D eigenvalue weighted by Gasteiger charge is -2.29. The molecule has 35 heavy (non-hydrogen) atoms. The number of allylic oxidation sites excluding steroid dienone is 2. The van der Waals surface area contributed by atoms with Crippen molar-refractivity contribution in [3.8, 4) is 5.75 Å². The first-order chi connectivity index (χ1) is 16.6. The van der Waals surface area contributed by atoms with Crippen LogP contribution in [-0.2, 0) is 14.3 Å². The minimum atomic E-state index is -1.16. The highest BCUT2D eigenvalue weighted by molar-refractivity contribution is 6.06. The van der Waals surface area contributed by atoms with E-state index in [0.29, 0.717) is 40.3 Å². The molecule has 1 aliphatic rings. The van der Waals surface area contributed by atoms with Crippen LogP contribution in [0, 0.1) is 12.8 Å². The normalized spacial score (nSPS) is 15.7. The van der Waals surface area contributed by atoms with E-state index in [1.54, 1.807) is 37.3 Å². The summed E-state index contributed by atoms with van der Waals surface area (Å²) in [5.74, 6) is -0.503. The molecule has 0 saturated heterocycles. The first-order valence-corrected chi connectivity index (χ1v) is 11.1. The number of aliphatic hydroxyl groups is 1. The molecule has 1 unspecified atom stereocenters. The number of nitrogen functional groups attached to an aromatic ring is 1. The number of ether oxygens (including phenoxy) is 3. The number of methoxy groups -OCH3 is 1. The zero-order valence-corrected chi connectivity index (χ0v) is 20.3. The Labute approximate surface area is 203 Å². The van der Waals surface area contributed by atoms with Gasteiger partial charge in [-0.15, -0.1) is 0 Å². The van der Waals surface area contributed by atoms with Gasteiger partial charge < -0.3 is 35.5 Å². The lowest BCUT2D eigenvalue weighted by Crippen LogP contribution is -2.50. The monoisotopic (exact) mass is 485 g/mol. The van der Waals surface area contributed by atoms with Crippen LogP contribution in [0.5, 0.6) is 5.75 Å². The highest BCUT2D eigenvalue weighted by Gasteiger charge is 2.29. The van der Waals surface area contributed by atoms with Crippen molar-refractivity contribution in [2.45, 2.75) is 32.7 Å². The second-order valence-electron chi connectivity index (χ2n) is 8.87. The second kappa shape index (κ2) is 10.6. The first-order valence-electron chi connectivity index (χ1n) is 11.1. The van der Waals surface area contributed by atoms with Crippen LogP contribution in [0.25, 0.3) is 10.9 Å². The summed E-state index contributed by atoms with van der Waals surface area (Å²) < 4.78 is 16.8. The number of carbonyl (C=O) groups is 2. The third-order valence-corrected chi connectivity index (χ3v) is 5.50. The van der Waals surface area contributed by atoms with E-state index in [4.69, 9.17) is 25.1 Å². The van der Waals surface area contributed by atoms with Gasteiger partial charge in [0.05, 0.1) is 47.5 Å². The standard InChI is InChI=1S/C25H31N3O7/c1-14-20(24(31)32)22(26)21-18(27-14)6-5-7-19(21)35-13-25(2,3)28-23(30)15-10-16(33-4)12-17(11-15)34-9-8-29/h5-7,10,12,15,29H,8-9,11,13H2,1-4H3,(H2,26,27)(H,28,30)(H,31,32). The topological polar surface area (TPSA) is 153 Å². The third kappa shape index (κ3) is 6.02. The minimum Gasteiger partial charge on any atom is -0.497 e. The number of fused-ring (bicyclic) bond motifs is 1. The number of rotatable bonds is 10. The lowest BCUT2D eigenvalue weighted by molar-refractivity contribution is -0.126. The number of aromatic nitrogens is 1. The maximum Gasteiger partial charge on any atom is 0.339 e. The molecule has 0 bridgehead atoms. The number of nitrogens with zero attached hydrogens (tertiary/aromatic N) is 1. The summed E-state index contributed by atoms with van der Waals surface area (Å²) >= 11 is 0. The van der Waals surface area contributed by atoms with Gasteiger partial charge in [-0.2, -0.15) is 0 Å². The van der Waals surface area contributed by atoms with Crippen LogP contribution in [0.1, 0.15) is 36.3 Å². The number of aryl methyl sites for hydroxylation is 1. The van der Waals surface area contributed by atoms with Gasteiger partial charge in [0, 0.05) is 12.5 Å². The van der Waals surface area contributed by atoms with E-state index in [1.807, 2.05) is 13.8 Å². The predicted octanol–water partition coefficient (Wildman–Crippen LogP) is 2.54. The number of amides is 1. The van der Waals surface area contributed by atoms with Crippen LogP contribution in [0.4, 0.5) is 5.69 Å². The number of carboxylic acids is 1. The van der Waals surface area contributed by atoms with Gasteiger partial charge in [0.25, 0.3) is 0 Å². The van der Waals surface area contributed by atoms with Crippen LogP contribution in [0.15, 0.2) is 41.9 Å². The molecule has 1 atom stereocenters. The summed E-state index contributed by atoms with van der Waals surface area (Å²) in [4.78, 5) is 29.1. The van der Waals surface area contributed by atoms with E-state index in [0.717, 1.165) is 0 Å². The first kappa shape index (κ1) is 25.8. The Kier molecular flexibility index (Phi) is 7.85. The molecule has 0 aliphatic heterocycles. The molecule has 2 aromatic rings. The summed E-state index contributed by atoms with van der Waals surface area (Å²) in [6.45, 7) is 5.30. The SMILES string of the molecule is COC1=CC(C(=O)NC(C)(C)COc2cccc3nc(C)c(C(=O)O)c(N)c23)CC(OCCO)=C1. The zero-order chi connectivity index (χ0) is 25.8. The summed E-state index contributed by atoms with van der Waals surface area (Å²) in [5.41, 5.74) is 6.27. The Morgan fingerprint density at radius 2 is 2.03 bits per heavy atom. The minimum absolute atomic E-state index is 0.0635. The third-order valence-electron chi connectivity index (χ3n) is 5.50. The largest absolute Gasteiger partial charge is 0.497 e. The lowest BCUT2D eigenvalue weighted by atomic mass is 9.95. The van der Waals surface area contributed by atoms with Crippen molar-refractivity contribution in [1.29, 1.82) is 0 Å². The van der Waals surface area contributed by atoms with Gasteiger partial charge in [-0.1, -0.05) is 6.07 Å². The zero-order valence-electron chi connectivity index (χ0n) is 20.3. The van der Waals surface area contributed by atoms with Crippen LogP contribution in [0.3, 0.4) is 0 Å². The van der Waals surface area contributed by atoms with E-state index in [1.165, 1.54) is 7.11 Å². The Bertz CT molecular complexity index is 1190. The van der Waals surface area contributed by atoms with Gasteiger partial charge in [-0.25, -0.2) is 4.79 Å². The summed E-state index contributed by atoms with van der Waals surface area (Å²) in [5, 5.41) is 21.9. The van der Waals surface area contributed by atoms with E-state index >= 15 is 0 Å². The fraction of sp³-hybridized carbons (Fsp3) is 0.400. The number of aliphatic hydroxyl groups excluding tert-OH is 1. The molecule has 0 radical (unpaired) electrons. The molecule has 3 rings (SSSR count). The molecule has 1 heterocycles. The Hall–Kier alpha value is -3.79. The van der Waals surface area contributed by atoms with Crippen molar-refractivity contribution in [3.05, 3.63) is 53.1 Å². The quantitative estimate of drug-likeness (QED) is 0.397. The molecule has 1 aromatic heterocycles. The summed E-state index contributed by atoms with van der Waals surface area (Å²) in [7, 11) is 1.51. The Morgan fingerprint density at radius 1 is 1.29 bits per heavy atom. The maximum absolute atomic E-state index is 13.0. The number of carbonyl (C=O) groups excluding carboxylic acids is 1. The van der Waals surface area contributed by atoms with Crippen molar-refractivity contribution in [3.63, 3.8) is 0 Å². The molecule has 0 spiro atoms. The van der Waals surface area contributed by atoms with Crippen molar-refractivity contribution in [1.82, 2.24) is 10.3 Å². The molecular formula is C25H31N3O7. The molecule has 1 amide bonds. The molecular weight excluding hydrogens is 454 g/mol. The number of hydrogen-bond acceptors (Lipinski definition) is 8. The summed E-state index contributed by atoms with van der Waals surface area (Å²) in [6, 6.07) is 5.16. The molecule has 1 aliphatic carbocycles. The van der Waals surface area contributed by atoms with Gasteiger partial charge in [0.15, 0.2) is 0 Å². The number of carboxylic acid groups (broad SMARTS) is 1. The number of benzene rings is 1. The maximum atomic E-state index is 13.0. The fourth-order valence-electron chi connectivity index (χ4n) is 3.86. The molecule has 1 aromatic carbocycles. The van der Waals surface area contributed by atoms with Crippen molar-refractivity contribution >= 4 is 28.5 Å². The number of nitrogens with two attached hydrogens (primary N) is 1. The number of nitrogens with one attached hydrogen (secondary N) is 1. The van der Waals surface area contributed by atoms with Crippen molar-refractivity contribution in [2.24, 2.45) is 5.92 Å². The van der Waals surface area contributed by atoms with E-state index in [-0.39, 0.29) is 37.0 Å². The highest BCUT2D eigenvalue weighted by atomic mass is 16.5. The van der Waals surface area contributed by atoms with Crippen molar-refractivity contribution in [2.75, 3.05) is 32.7 Å². The van der Waals surface area contributed by atoms with E-state index in [2.05, 4.69) is 10.3 Å². The average molecular weight is 486 g/mol. The van der Waals surface area contributed by atoms with Gasteiger partial charge in [-0.3, -0.25) is 9.78 Å². The smallest absolute Gasteiger partial charge is 0.339 e. The molecule has 5 N–H and O–H groups in total. The fourth-order valence-corrected chi connectivity index (χ4v) is 3.86. The number of pyridine rings is 1. The second-order valence-corrected chi connectivity index (χ2v) is 8.87. The number of aromatic carboxylic acids is 1. The Morgan fingerprint density at radius 3 is 2.69 bits per heavy atom.